The van der Waals surface area contributed by atoms with Crippen LogP contribution in [0.3, 0.4) is 0 Å². The van der Waals surface area contributed by atoms with E-state index in [0.29, 0.717) is 6.42 Å². The minimum Gasteiger partial charge on any atom is -0.445 e. The van der Waals surface area contributed by atoms with Crippen LogP contribution in [-0.2, 0) is 11.3 Å². The lowest BCUT2D eigenvalue weighted by Crippen LogP contribution is -2.29. The monoisotopic (exact) mass is 361 g/mol. The first-order valence-electron chi connectivity index (χ1n) is 9.00. The lowest BCUT2D eigenvalue weighted by atomic mass is 9.99. The van der Waals surface area contributed by atoms with Crippen molar-refractivity contribution in [2.45, 2.75) is 19.1 Å². The molecule has 0 aliphatic rings. The highest BCUT2D eigenvalue weighted by Gasteiger charge is 2.15. The fourth-order valence-corrected chi connectivity index (χ4v) is 2.90. The molecule has 0 spiro atoms. The molecule has 0 unspecified atom stereocenters. The molecule has 2 N–H and O–H groups in total. The number of alkyl carbamates (subject to hydrolysis) is 1. The molecule has 1 amide bonds. The molecular formula is C23H23NO3. The molecule has 4 heteroatoms. The Morgan fingerprint density at radius 1 is 0.852 bits per heavy atom. The third kappa shape index (κ3) is 5.43. The number of rotatable bonds is 7. The van der Waals surface area contributed by atoms with Gasteiger partial charge in [-0.3, -0.25) is 0 Å². The SMILES string of the molecule is O=C(N[C@@H](CCO)c1ccc(-c2ccccc2)cc1)OCc1ccccc1. The van der Waals surface area contributed by atoms with Crippen molar-refractivity contribution in [1.29, 1.82) is 0 Å². The molecule has 0 saturated carbocycles. The second-order valence-electron chi connectivity index (χ2n) is 6.26. The van der Waals surface area contributed by atoms with E-state index in [-0.39, 0.29) is 19.3 Å². The fourth-order valence-electron chi connectivity index (χ4n) is 2.90. The molecular weight excluding hydrogens is 338 g/mol. The highest BCUT2D eigenvalue weighted by atomic mass is 16.5. The van der Waals surface area contributed by atoms with Gasteiger partial charge < -0.3 is 15.2 Å². The van der Waals surface area contributed by atoms with Gasteiger partial charge in [0.05, 0.1) is 6.04 Å². The molecule has 0 aliphatic heterocycles. The van der Waals surface area contributed by atoms with E-state index in [4.69, 9.17) is 4.74 Å². The summed E-state index contributed by atoms with van der Waals surface area (Å²) in [5.41, 5.74) is 4.10. The van der Waals surface area contributed by atoms with Gasteiger partial charge in [-0.15, -0.1) is 0 Å². The number of carbonyl (C=O) groups is 1. The molecule has 0 aliphatic carbocycles. The normalized spacial score (nSPS) is 11.6. The number of carbonyl (C=O) groups excluding carboxylic acids is 1. The number of nitrogens with one attached hydrogen (secondary N) is 1. The second kappa shape index (κ2) is 9.55. The second-order valence-corrected chi connectivity index (χ2v) is 6.26. The van der Waals surface area contributed by atoms with Crippen LogP contribution in [0, 0.1) is 0 Å². The number of aliphatic hydroxyl groups excluding tert-OH is 1. The van der Waals surface area contributed by atoms with Crippen LogP contribution in [0.1, 0.15) is 23.6 Å². The summed E-state index contributed by atoms with van der Waals surface area (Å²) in [5, 5.41) is 12.2. The molecule has 3 aromatic carbocycles. The summed E-state index contributed by atoms with van der Waals surface area (Å²) in [6.45, 7) is 0.190. The van der Waals surface area contributed by atoms with Gasteiger partial charge in [0.2, 0.25) is 0 Å². The van der Waals surface area contributed by atoms with Gasteiger partial charge in [0, 0.05) is 6.61 Å². The molecule has 4 nitrogen and oxygen atoms in total. The van der Waals surface area contributed by atoms with Crippen molar-refractivity contribution in [3.05, 3.63) is 96.1 Å². The molecule has 138 valence electrons. The highest BCUT2D eigenvalue weighted by Crippen LogP contribution is 2.23. The van der Waals surface area contributed by atoms with Crippen molar-refractivity contribution in [2.75, 3.05) is 6.61 Å². The molecule has 0 heterocycles. The lowest BCUT2D eigenvalue weighted by Gasteiger charge is -2.18. The number of ether oxygens (including phenoxy) is 1. The Balaban J connectivity index is 1.63. The predicted molar refractivity (Wildman–Crippen MR) is 106 cm³/mol. The number of amides is 1. The zero-order chi connectivity index (χ0) is 18.9. The maximum absolute atomic E-state index is 12.1. The summed E-state index contributed by atoms with van der Waals surface area (Å²) >= 11 is 0. The van der Waals surface area contributed by atoms with Crippen molar-refractivity contribution in [2.24, 2.45) is 0 Å². The molecule has 0 saturated heterocycles. The van der Waals surface area contributed by atoms with Gasteiger partial charge in [-0.05, 0) is 28.7 Å². The third-order valence-electron chi connectivity index (χ3n) is 4.34. The van der Waals surface area contributed by atoms with E-state index in [1.54, 1.807) is 0 Å². The summed E-state index contributed by atoms with van der Waals surface area (Å²) in [5.74, 6) is 0. The zero-order valence-electron chi connectivity index (χ0n) is 15.0. The number of hydrogen-bond acceptors (Lipinski definition) is 3. The highest BCUT2D eigenvalue weighted by molar-refractivity contribution is 5.68. The molecule has 0 radical (unpaired) electrons. The third-order valence-corrected chi connectivity index (χ3v) is 4.34. The van der Waals surface area contributed by atoms with Crippen LogP contribution in [0.25, 0.3) is 11.1 Å². The first-order valence-corrected chi connectivity index (χ1v) is 9.00. The van der Waals surface area contributed by atoms with Crippen molar-refractivity contribution in [3.8, 4) is 11.1 Å². The minimum absolute atomic E-state index is 0.0237. The van der Waals surface area contributed by atoms with Crippen LogP contribution in [0.5, 0.6) is 0 Å². The van der Waals surface area contributed by atoms with Crippen molar-refractivity contribution < 1.29 is 14.6 Å². The molecule has 0 bridgehead atoms. The Morgan fingerprint density at radius 3 is 2.07 bits per heavy atom. The number of aliphatic hydroxyl groups is 1. The van der Waals surface area contributed by atoms with E-state index in [9.17, 15) is 9.90 Å². The maximum Gasteiger partial charge on any atom is 0.407 e. The summed E-state index contributed by atoms with van der Waals surface area (Å²) in [6, 6.07) is 27.3. The minimum atomic E-state index is -0.496. The average Bonchev–Trinajstić information content (AvgIpc) is 2.73. The van der Waals surface area contributed by atoms with Gasteiger partial charge in [-0.1, -0.05) is 84.9 Å². The summed E-state index contributed by atoms with van der Waals surface area (Å²) in [7, 11) is 0. The Hall–Kier alpha value is -3.11. The summed E-state index contributed by atoms with van der Waals surface area (Å²) in [4.78, 5) is 12.1. The van der Waals surface area contributed by atoms with E-state index < -0.39 is 6.09 Å². The van der Waals surface area contributed by atoms with Crippen LogP contribution in [0.4, 0.5) is 4.79 Å². The molecule has 0 aromatic heterocycles. The molecule has 3 rings (SSSR count). The maximum atomic E-state index is 12.1. The van der Waals surface area contributed by atoms with E-state index >= 15 is 0 Å². The Labute approximate surface area is 159 Å². The lowest BCUT2D eigenvalue weighted by molar-refractivity contribution is 0.133. The average molecular weight is 361 g/mol. The topological polar surface area (TPSA) is 58.6 Å². The standard InChI is InChI=1S/C23H23NO3/c25-16-15-22(24-23(26)27-17-18-7-3-1-4-8-18)21-13-11-20(12-14-21)19-9-5-2-6-10-19/h1-14,22,25H,15-17H2,(H,24,26)/t22-/m0/s1. The Kier molecular flexibility index (Phi) is 6.61. The largest absolute Gasteiger partial charge is 0.445 e. The van der Waals surface area contributed by atoms with Crippen LogP contribution in [-0.4, -0.2) is 17.8 Å². The predicted octanol–water partition coefficient (Wildman–Crippen LogP) is 4.70. The van der Waals surface area contributed by atoms with Gasteiger partial charge in [0.1, 0.15) is 6.61 Å². The van der Waals surface area contributed by atoms with Gasteiger partial charge >= 0.3 is 6.09 Å². The van der Waals surface area contributed by atoms with Gasteiger partial charge in [-0.25, -0.2) is 4.79 Å². The molecule has 3 aromatic rings. The van der Waals surface area contributed by atoms with Crippen LogP contribution in [0.2, 0.25) is 0 Å². The molecule has 0 fully saturated rings. The van der Waals surface area contributed by atoms with E-state index in [0.717, 1.165) is 22.3 Å². The van der Waals surface area contributed by atoms with E-state index in [2.05, 4.69) is 17.4 Å². The fraction of sp³-hybridized carbons (Fsp3) is 0.174. The Morgan fingerprint density at radius 2 is 1.44 bits per heavy atom. The quantitative estimate of drug-likeness (QED) is 0.641. The summed E-state index contributed by atoms with van der Waals surface area (Å²) < 4.78 is 5.29. The van der Waals surface area contributed by atoms with Crippen LogP contribution >= 0.6 is 0 Å². The van der Waals surface area contributed by atoms with E-state index in [1.807, 2.05) is 72.8 Å². The first kappa shape index (κ1) is 18.7. The van der Waals surface area contributed by atoms with Crippen molar-refractivity contribution >= 4 is 6.09 Å². The first-order chi connectivity index (χ1) is 13.3. The summed E-state index contributed by atoms with van der Waals surface area (Å²) in [6.07, 6.45) is -0.0741. The van der Waals surface area contributed by atoms with Crippen LogP contribution < -0.4 is 5.32 Å². The van der Waals surface area contributed by atoms with Gasteiger partial charge in [0.15, 0.2) is 0 Å². The van der Waals surface area contributed by atoms with Crippen LogP contribution in [0.15, 0.2) is 84.9 Å². The number of benzene rings is 3. The molecule has 27 heavy (non-hydrogen) atoms. The zero-order valence-corrected chi connectivity index (χ0v) is 15.0. The van der Waals surface area contributed by atoms with Gasteiger partial charge in [0.25, 0.3) is 0 Å². The Bertz CT molecular complexity index is 833. The van der Waals surface area contributed by atoms with E-state index in [1.165, 1.54) is 0 Å². The smallest absolute Gasteiger partial charge is 0.407 e. The number of hydrogen-bond donors (Lipinski definition) is 2. The van der Waals surface area contributed by atoms with Gasteiger partial charge in [-0.2, -0.15) is 0 Å². The molecule has 1 atom stereocenters. The van der Waals surface area contributed by atoms with Crippen molar-refractivity contribution in [3.63, 3.8) is 0 Å². The van der Waals surface area contributed by atoms with Crippen molar-refractivity contribution in [1.82, 2.24) is 5.32 Å².